The summed E-state index contributed by atoms with van der Waals surface area (Å²) in [6.45, 7) is -0.130. The molecule has 24 heavy (non-hydrogen) atoms. The zero-order chi connectivity index (χ0) is 17.2. The van der Waals surface area contributed by atoms with E-state index >= 15 is 0 Å². The number of guanidine groups is 1. The second-order valence-electron chi connectivity index (χ2n) is 4.68. The van der Waals surface area contributed by atoms with Gasteiger partial charge in [-0.25, -0.2) is 10.5 Å². The van der Waals surface area contributed by atoms with E-state index in [0.29, 0.717) is 5.56 Å². The molecule has 1 aromatic heterocycles. The van der Waals surface area contributed by atoms with Gasteiger partial charge in [-0.05, 0) is 10.7 Å². The molecule has 0 bridgehead atoms. The van der Waals surface area contributed by atoms with Crippen LogP contribution in [0.4, 0.5) is 13.2 Å². The fourth-order valence-corrected chi connectivity index (χ4v) is 2.50. The molecule has 1 aromatic carbocycles. The Kier molecular flexibility index (Phi) is 4.36. The maximum Gasteiger partial charge on any atom is 0.497 e. The van der Waals surface area contributed by atoms with Crippen molar-refractivity contribution in [2.45, 2.75) is 12.8 Å². The van der Waals surface area contributed by atoms with Crippen LogP contribution in [0.15, 0.2) is 47.1 Å². The Balaban J connectivity index is 1.80. The Morgan fingerprint density at radius 2 is 2.04 bits per heavy atom. The van der Waals surface area contributed by atoms with Crippen molar-refractivity contribution in [3.63, 3.8) is 0 Å². The number of nitrogens with zero attached hydrogens (tertiary/aromatic N) is 4. The average Bonchev–Trinajstić information content (AvgIpc) is 3.18. The lowest BCUT2D eigenvalue weighted by Crippen LogP contribution is -2.55. The smallest absolute Gasteiger partial charge is 0.289 e. The first-order valence-electron chi connectivity index (χ1n) is 6.66. The third-order valence-electron chi connectivity index (χ3n) is 3.03. The minimum absolute atomic E-state index is 0.0950. The first-order valence-corrected chi connectivity index (χ1v) is 7.54. The number of carbonyl (C=O) groups excluding carboxylic acids is 1. The lowest BCUT2D eigenvalue weighted by Gasteiger charge is -2.29. The van der Waals surface area contributed by atoms with Crippen molar-refractivity contribution in [3.05, 3.63) is 52.5 Å². The number of thiazole rings is 1. The summed E-state index contributed by atoms with van der Waals surface area (Å²) in [4.78, 5) is 16.1. The highest BCUT2D eigenvalue weighted by Gasteiger charge is 2.46. The fourth-order valence-electron chi connectivity index (χ4n) is 1.98. The van der Waals surface area contributed by atoms with E-state index in [1.54, 1.807) is 30.3 Å². The third kappa shape index (κ3) is 3.46. The van der Waals surface area contributed by atoms with Gasteiger partial charge in [0.1, 0.15) is 4.88 Å². The van der Waals surface area contributed by atoms with Crippen LogP contribution in [0.5, 0.6) is 0 Å². The van der Waals surface area contributed by atoms with Crippen molar-refractivity contribution >= 4 is 23.2 Å². The summed E-state index contributed by atoms with van der Waals surface area (Å²) in [7, 11) is 0. The van der Waals surface area contributed by atoms with Crippen molar-refractivity contribution in [1.82, 2.24) is 26.0 Å². The van der Waals surface area contributed by atoms with E-state index in [9.17, 15) is 18.0 Å². The number of rotatable bonds is 3. The highest BCUT2D eigenvalue weighted by atomic mass is 32.1. The summed E-state index contributed by atoms with van der Waals surface area (Å²) in [5.74, 6) is -0.838. The van der Waals surface area contributed by atoms with Gasteiger partial charge in [-0.1, -0.05) is 30.3 Å². The van der Waals surface area contributed by atoms with Crippen molar-refractivity contribution < 1.29 is 18.0 Å². The van der Waals surface area contributed by atoms with Crippen LogP contribution in [0.25, 0.3) is 0 Å². The van der Waals surface area contributed by atoms with Gasteiger partial charge in [-0.3, -0.25) is 15.1 Å². The molecule has 2 N–H and O–H groups in total. The molecule has 11 heteroatoms. The zero-order valence-electron chi connectivity index (χ0n) is 12.0. The van der Waals surface area contributed by atoms with Gasteiger partial charge in [-0.2, -0.15) is 13.2 Å². The molecule has 0 aliphatic carbocycles. The summed E-state index contributed by atoms with van der Waals surface area (Å²) in [5, 5.41) is 6.62. The minimum Gasteiger partial charge on any atom is -0.289 e. The predicted molar refractivity (Wildman–Crippen MR) is 80.0 cm³/mol. The molecule has 1 amide bonds. The lowest BCUT2D eigenvalue weighted by atomic mass is 10.2. The zero-order valence-corrected chi connectivity index (χ0v) is 12.8. The van der Waals surface area contributed by atoms with Gasteiger partial charge >= 0.3 is 6.30 Å². The van der Waals surface area contributed by atoms with Crippen LogP contribution in [0.3, 0.4) is 0 Å². The molecule has 7 nitrogen and oxygen atoms in total. The van der Waals surface area contributed by atoms with E-state index in [1.165, 1.54) is 11.7 Å². The van der Waals surface area contributed by atoms with E-state index < -0.39 is 12.2 Å². The second-order valence-corrected chi connectivity index (χ2v) is 5.56. The molecule has 0 unspecified atom stereocenters. The normalized spacial score (nSPS) is 15.1. The van der Waals surface area contributed by atoms with E-state index in [0.717, 1.165) is 16.3 Å². The number of hydrazine groups is 2. The van der Waals surface area contributed by atoms with Crippen molar-refractivity contribution in [3.8, 4) is 0 Å². The molecule has 0 radical (unpaired) electrons. The maximum atomic E-state index is 13.1. The highest BCUT2D eigenvalue weighted by molar-refractivity contribution is 7.11. The number of amides is 1. The molecular weight excluding hydrogens is 345 g/mol. The third-order valence-corrected chi connectivity index (χ3v) is 3.81. The highest BCUT2D eigenvalue weighted by Crippen LogP contribution is 2.25. The Morgan fingerprint density at radius 3 is 2.67 bits per heavy atom. The first-order chi connectivity index (χ1) is 11.4. The molecule has 0 saturated heterocycles. The molecular formula is C13H11F3N6OS. The van der Waals surface area contributed by atoms with Gasteiger partial charge in [0.25, 0.3) is 5.91 Å². The number of halogens is 3. The largest absolute Gasteiger partial charge is 0.497 e. The van der Waals surface area contributed by atoms with Crippen LogP contribution < -0.4 is 10.9 Å². The molecule has 1 aliphatic rings. The van der Waals surface area contributed by atoms with Gasteiger partial charge < -0.3 is 0 Å². The number of hydrazone groups is 1. The topological polar surface area (TPSA) is 72.9 Å². The van der Waals surface area contributed by atoms with Crippen molar-refractivity contribution in [2.24, 2.45) is 5.10 Å². The average molecular weight is 356 g/mol. The molecule has 0 fully saturated rings. The molecule has 1 aliphatic heterocycles. The van der Waals surface area contributed by atoms with Gasteiger partial charge in [0.15, 0.2) is 0 Å². The van der Waals surface area contributed by atoms with Crippen LogP contribution in [-0.2, 0) is 6.54 Å². The second kappa shape index (κ2) is 6.45. The Labute approximate surface area is 138 Å². The number of alkyl halides is 3. The van der Waals surface area contributed by atoms with Crippen molar-refractivity contribution in [2.75, 3.05) is 0 Å². The Bertz CT molecular complexity index is 734. The molecule has 0 atom stereocenters. The van der Waals surface area contributed by atoms with Crippen molar-refractivity contribution in [1.29, 1.82) is 0 Å². The van der Waals surface area contributed by atoms with E-state index in [1.807, 2.05) is 5.53 Å². The van der Waals surface area contributed by atoms with Crippen LogP contribution in [-0.4, -0.2) is 33.3 Å². The predicted octanol–water partition coefficient (Wildman–Crippen LogP) is 1.90. The molecule has 3 rings (SSSR count). The number of hydrogen-bond acceptors (Lipinski definition) is 7. The minimum atomic E-state index is -4.71. The molecule has 2 heterocycles. The fraction of sp³-hybridized carbons (Fsp3) is 0.154. The Hall–Kier alpha value is -2.66. The standard InChI is InChI=1S/C13H11F3N6OS/c14-13(15,16)22-20-19-12(18-11(23)10-6-17-8-24-10)21(22)7-9-4-2-1-3-5-9/h1-6,8,20H,7H2,(H,18,19,23). The summed E-state index contributed by atoms with van der Waals surface area (Å²) in [6.07, 6.45) is -3.39. The summed E-state index contributed by atoms with van der Waals surface area (Å²) >= 11 is 1.07. The van der Waals surface area contributed by atoms with Gasteiger partial charge in [0.2, 0.25) is 5.96 Å². The number of carbonyl (C=O) groups is 1. The monoisotopic (exact) mass is 356 g/mol. The number of hydrogen-bond donors (Lipinski definition) is 2. The van der Waals surface area contributed by atoms with Gasteiger partial charge in [-0.15, -0.1) is 16.4 Å². The SMILES string of the molecule is O=C(NC1=NNN(C(F)(F)F)N1Cc1ccccc1)c1cncs1. The molecule has 0 spiro atoms. The van der Waals surface area contributed by atoms with Crippen LogP contribution in [0.1, 0.15) is 15.2 Å². The summed E-state index contributed by atoms with van der Waals surface area (Å²) in [6, 6.07) is 8.53. The number of benzene rings is 1. The van der Waals surface area contributed by atoms with Gasteiger partial charge in [0.05, 0.1) is 18.3 Å². The Morgan fingerprint density at radius 1 is 1.29 bits per heavy atom. The summed E-state index contributed by atoms with van der Waals surface area (Å²) in [5.41, 5.74) is 3.94. The molecule has 126 valence electrons. The number of aromatic nitrogens is 1. The molecule has 2 aromatic rings. The maximum absolute atomic E-state index is 13.1. The summed E-state index contributed by atoms with van der Waals surface area (Å²) < 4.78 is 39.4. The van der Waals surface area contributed by atoms with E-state index in [4.69, 9.17) is 0 Å². The lowest BCUT2D eigenvalue weighted by molar-refractivity contribution is -0.314. The number of nitrogens with one attached hydrogen (secondary N) is 2. The van der Waals surface area contributed by atoms with Gasteiger partial charge in [0, 0.05) is 0 Å². The van der Waals surface area contributed by atoms with E-state index in [-0.39, 0.29) is 22.5 Å². The first kappa shape index (κ1) is 16.2. The van der Waals surface area contributed by atoms with Crippen LogP contribution in [0.2, 0.25) is 0 Å². The quantitative estimate of drug-likeness (QED) is 0.822. The van der Waals surface area contributed by atoms with Crippen LogP contribution in [0, 0.1) is 0 Å². The molecule has 0 saturated carbocycles. The van der Waals surface area contributed by atoms with Crippen LogP contribution >= 0.6 is 11.3 Å². The van der Waals surface area contributed by atoms with E-state index in [2.05, 4.69) is 15.4 Å².